The number of carbonyl (C=O) groups excluding carboxylic acids is 2. The van der Waals surface area contributed by atoms with Gasteiger partial charge in [-0.15, -0.1) is 0 Å². The number of fused-ring (bicyclic) bond motifs is 1. The lowest BCUT2D eigenvalue weighted by Gasteiger charge is -2.43. The first-order valence-electron chi connectivity index (χ1n) is 10.4. The van der Waals surface area contributed by atoms with Gasteiger partial charge in [0.1, 0.15) is 0 Å². The molecule has 0 bridgehead atoms. The summed E-state index contributed by atoms with van der Waals surface area (Å²) in [4.78, 5) is 30.1. The summed E-state index contributed by atoms with van der Waals surface area (Å²) in [6, 6.07) is 20.5. The monoisotopic (exact) mass is 418 g/mol. The number of hydrogen-bond donors (Lipinski definition) is 0. The van der Waals surface area contributed by atoms with Gasteiger partial charge in [0.05, 0.1) is 25.3 Å². The molecule has 2 heterocycles. The normalized spacial score (nSPS) is 17.8. The van der Waals surface area contributed by atoms with E-state index < -0.39 is 0 Å². The minimum absolute atomic E-state index is 0.00846. The first-order valence-corrected chi connectivity index (χ1v) is 10.4. The van der Waals surface area contributed by atoms with Gasteiger partial charge in [0.15, 0.2) is 5.76 Å². The van der Waals surface area contributed by atoms with Gasteiger partial charge in [-0.05, 0) is 49.2 Å². The fourth-order valence-electron chi connectivity index (χ4n) is 4.25. The molecule has 1 aromatic heterocycles. The second-order valence-corrected chi connectivity index (χ2v) is 7.65. The highest BCUT2D eigenvalue weighted by molar-refractivity contribution is 6.06. The van der Waals surface area contributed by atoms with Gasteiger partial charge in [0.2, 0.25) is 5.91 Å². The number of nitrogens with zero attached hydrogens (tertiary/aromatic N) is 2. The third-order valence-corrected chi connectivity index (χ3v) is 5.65. The maximum atomic E-state index is 13.3. The summed E-state index contributed by atoms with van der Waals surface area (Å²) in [6.45, 7) is 2.36. The lowest BCUT2D eigenvalue weighted by atomic mass is 9.89. The van der Waals surface area contributed by atoms with Crippen LogP contribution in [0, 0.1) is 0 Å². The summed E-state index contributed by atoms with van der Waals surface area (Å²) in [5.41, 5.74) is 2.57. The van der Waals surface area contributed by atoms with Crippen molar-refractivity contribution in [1.29, 1.82) is 0 Å². The molecule has 1 aliphatic heterocycles. The van der Waals surface area contributed by atoms with Gasteiger partial charge < -0.3 is 19.0 Å². The van der Waals surface area contributed by atoms with E-state index in [4.69, 9.17) is 9.15 Å². The average Bonchev–Trinajstić information content (AvgIpc) is 3.33. The highest BCUT2D eigenvalue weighted by atomic mass is 16.5. The molecule has 2 aromatic carbocycles. The zero-order chi connectivity index (χ0) is 21.8. The molecule has 2 amide bonds. The van der Waals surface area contributed by atoms with E-state index in [0.717, 1.165) is 16.9 Å². The molecule has 1 aliphatic rings. The Balaban J connectivity index is 1.77. The molecule has 0 spiro atoms. The first-order chi connectivity index (χ1) is 15.1. The van der Waals surface area contributed by atoms with E-state index in [1.165, 1.54) is 6.26 Å². The van der Waals surface area contributed by atoms with Crippen LogP contribution in [-0.4, -0.2) is 31.6 Å². The Morgan fingerprint density at radius 3 is 2.52 bits per heavy atom. The summed E-state index contributed by atoms with van der Waals surface area (Å²) in [7, 11) is 1.59. The molecule has 4 rings (SSSR count). The van der Waals surface area contributed by atoms with Crippen LogP contribution in [0.2, 0.25) is 0 Å². The number of benzene rings is 2. The molecule has 31 heavy (non-hydrogen) atoms. The van der Waals surface area contributed by atoms with Crippen LogP contribution in [0.1, 0.15) is 41.9 Å². The van der Waals surface area contributed by atoms with Crippen molar-refractivity contribution in [3.8, 4) is 0 Å². The van der Waals surface area contributed by atoms with Crippen molar-refractivity contribution >= 4 is 23.2 Å². The third-order valence-electron chi connectivity index (χ3n) is 5.65. The minimum atomic E-state index is -0.196. The van der Waals surface area contributed by atoms with Crippen LogP contribution in [-0.2, 0) is 9.53 Å². The summed E-state index contributed by atoms with van der Waals surface area (Å²) in [5.74, 6) is 0.113. The molecule has 160 valence electrons. The predicted octanol–water partition coefficient (Wildman–Crippen LogP) is 4.83. The Morgan fingerprint density at radius 1 is 1.06 bits per heavy atom. The van der Waals surface area contributed by atoms with Gasteiger partial charge in [0, 0.05) is 24.5 Å². The molecule has 0 saturated heterocycles. The maximum Gasteiger partial charge on any atom is 0.294 e. The predicted molar refractivity (Wildman–Crippen MR) is 119 cm³/mol. The van der Waals surface area contributed by atoms with Crippen LogP contribution in [0.25, 0.3) is 0 Å². The number of furan rings is 1. The number of hydrogen-bond acceptors (Lipinski definition) is 4. The SMILES string of the molecule is COCCC(=O)N(c1ccccc1)C1CC(C)N(C(=O)c2ccco2)c2ccccc21. The molecule has 2 unspecified atom stereocenters. The largest absolute Gasteiger partial charge is 0.459 e. The van der Waals surface area contributed by atoms with E-state index in [-0.39, 0.29) is 30.3 Å². The molecule has 3 aromatic rings. The number of para-hydroxylation sites is 2. The van der Waals surface area contributed by atoms with Crippen LogP contribution in [0.15, 0.2) is 77.4 Å². The smallest absolute Gasteiger partial charge is 0.294 e. The molecular weight excluding hydrogens is 392 g/mol. The number of anilines is 2. The van der Waals surface area contributed by atoms with Crippen LogP contribution >= 0.6 is 0 Å². The Labute approximate surface area is 182 Å². The van der Waals surface area contributed by atoms with Crippen molar-refractivity contribution in [3.63, 3.8) is 0 Å². The van der Waals surface area contributed by atoms with Crippen LogP contribution in [0.5, 0.6) is 0 Å². The fourth-order valence-corrected chi connectivity index (χ4v) is 4.25. The Hall–Kier alpha value is -3.38. The minimum Gasteiger partial charge on any atom is -0.459 e. The molecule has 0 radical (unpaired) electrons. The van der Waals surface area contributed by atoms with E-state index in [0.29, 0.717) is 18.8 Å². The second-order valence-electron chi connectivity index (χ2n) is 7.65. The topological polar surface area (TPSA) is 63.0 Å². The number of rotatable bonds is 6. The van der Waals surface area contributed by atoms with Crippen LogP contribution < -0.4 is 9.80 Å². The number of amides is 2. The molecule has 6 heteroatoms. The van der Waals surface area contributed by atoms with Gasteiger partial charge in [-0.2, -0.15) is 0 Å². The standard InChI is InChI=1S/C25H26N2O4/c1-18-17-22(27(24(28)14-16-30-2)19-9-4-3-5-10-19)20-11-6-7-12-21(20)26(18)25(29)23-13-8-15-31-23/h3-13,15,18,22H,14,16-17H2,1-2H3. The second kappa shape index (κ2) is 9.18. The van der Waals surface area contributed by atoms with Crippen LogP contribution in [0.4, 0.5) is 11.4 Å². The fraction of sp³-hybridized carbons (Fsp3) is 0.280. The Bertz CT molecular complexity index is 1030. The van der Waals surface area contributed by atoms with Crippen molar-refractivity contribution in [2.45, 2.75) is 31.8 Å². The van der Waals surface area contributed by atoms with E-state index in [9.17, 15) is 9.59 Å². The molecule has 0 fully saturated rings. The summed E-state index contributed by atoms with van der Waals surface area (Å²) >= 11 is 0. The molecule has 0 saturated carbocycles. The lowest BCUT2D eigenvalue weighted by molar-refractivity contribution is -0.120. The third kappa shape index (κ3) is 4.11. The van der Waals surface area contributed by atoms with Crippen molar-refractivity contribution < 1.29 is 18.7 Å². The van der Waals surface area contributed by atoms with E-state index in [1.807, 2.05) is 66.4 Å². The number of methoxy groups -OCH3 is 1. The highest BCUT2D eigenvalue weighted by Gasteiger charge is 2.39. The maximum absolute atomic E-state index is 13.3. The summed E-state index contributed by atoms with van der Waals surface area (Å²) in [5, 5.41) is 0. The molecule has 0 aliphatic carbocycles. The van der Waals surface area contributed by atoms with Crippen molar-refractivity contribution in [3.05, 3.63) is 84.3 Å². The zero-order valence-electron chi connectivity index (χ0n) is 17.7. The summed E-state index contributed by atoms with van der Waals surface area (Å²) < 4.78 is 10.5. The Kier molecular flexibility index (Phi) is 6.18. The summed E-state index contributed by atoms with van der Waals surface area (Å²) in [6.07, 6.45) is 2.40. The van der Waals surface area contributed by atoms with Crippen molar-refractivity contribution in [2.75, 3.05) is 23.5 Å². The van der Waals surface area contributed by atoms with Gasteiger partial charge >= 0.3 is 0 Å². The average molecular weight is 418 g/mol. The molecule has 0 N–H and O–H groups in total. The van der Waals surface area contributed by atoms with E-state index in [1.54, 1.807) is 24.1 Å². The van der Waals surface area contributed by atoms with Crippen LogP contribution in [0.3, 0.4) is 0 Å². The highest BCUT2D eigenvalue weighted by Crippen LogP contribution is 2.42. The number of ether oxygens (including phenoxy) is 1. The zero-order valence-corrected chi connectivity index (χ0v) is 17.7. The molecular formula is C25H26N2O4. The van der Waals surface area contributed by atoms with Gasteiger partial charge in [-0.3, -0.25) is 9.59 Å². The van der Waals surface area contributed by atoms with Crippen molar-refractivity contribution in [1.82, 2.24) is 0 Å². The molecule has 6 nitrogen and oxygen atoms in total. The Morgan fingerprint density at radius 2 is 1.81 bits per heavy atom. The lowest BCUT2D eigenvalue weighted by Crippen LogP contribution is -2.47. The molecule has 2 atom stereocenters. The number of carbonyl (C=O) groups is 2. The van der Waals surface area contributed by atoms with Crippen molar-refractivity contribution in [2.24, 2.45) is 0 Å². The van der Waals surface area contributed by atoms with Gasteiger partial charge in [-0.1, -0.05) is 36.4 Å². The van der Waals surface area contributed by atoms with Gasteiger partial charge in [-0.25, -0.2) is 0 Å². The first kappa shape index (κ1) is 20.9. The van der Waals surface area contributed by atoms with Gasteiger partial charge in [0.25, 0.3) is 5.91 Å². The quantitative estimate of drug-likeness (QED) is 0.575. The van der Waals surface area contributed by atoms with E-state index >= 15 is 0 Å². The van der Waals surface area contributed by atoms with E-state index in [2.05, 4.69) is 0 Å².